The molecule has 1 aromatic heterocycles. The molecule has 0 amide bonds. The van der Waals surface area contributed by atoms with Gasteiger partial charge in [0.2, 0.25) is 0 Å². The Hall–Kier alpha value is -0.920. The van der Waals surface area contributed by atoms with Gasteiger partial charge in [-0.1, -0.05) is 19.3 Å². The minimum Gasteiger partial charge on any atom is -0.383 e. The Bertz CT molecular complexity index is 414. The first-order valence-electron chi connectivity index (χ1n) is 5.80. The summed E-state index contributed by atoms with van der Waals surface area (Å²) in [5.41, 5.74) is 6.41. The summed E-state index contributed by atoms with van der Waals surface area (Å²) in [6, 6.07) is 0.451. The number of rotatable bonds is 3. The molecule has 0 radical (unpaired) electrons. The van der Waals surface area contributed by atoms with Crippen molar-refractivity contribution < 1.29 is 0 Å². The van der Waals surface area contributed by atoms with Crippen LogP contribution in [0.25, 0.3) is 0 Å². The molecule has 1 aliphatic rings. The number of nitrogens with zero attached hydrogens (tertiary/aromatic N) is 2. The van der Waals surface area contributed by atoms with Crippen molar-refractivity contribution in [1.82, 2.24) is 9.97 Å². The van der Waals surface area contributed by atoms with E-state index in [-0.39, 0.29) is 0 Å². The third kappa shape index (κ3) is 3.05. The van der Waals surface area contributed by atoms with E-state index in [1.165, 1.54) is 25.6 Å². The Morgan fingerprint density at radius 2 is 2.06 bits per heavy atom. The molecule has 0 spiro atoms. The Morgan fingerprint density at radius 1 is 1.35 bits per heavy atom. The lowest BCUT2D eigenvalue weighted by atomic mass is 9.95. The molecule has 0 atom stereocenters. The van der Waals surface area contributed by atoms with E-state index < -0.39 is 0 Å². The summed E-state index contributed by atoms with van der Waals surface area (Å²) in [6.07, 6.45) is 7.61. The minimum absolute atomic E-state index is 0.373. The van der Waals surface area contributed by atoms with Crippen LogP contribution in [0.3, 0.4) is 0 Å². The van der Waals surface area contributed by atoms with Crippen LogP contribution in [0.1, 0.15) is 37.7 Å². The Morgan fingerprint density at radius 3 is 2.71 bits per heavy atom. The lowest BCUT2D eigenvalue weighted by Gasteiger charge is -2.24. The number of nitrogens with two attached hydrogens (primary N) is 1. The first-order valence-corrected chi connectivity index (χ1v) is 6.88. The van der Waals surface area contributed by atoms with E-state index in [4.69, 9.17) is 11.1 Å². The van der Waals surface area contributed by atoms with Crippen LogP contribution < -0.4 is 11.1 Å². The van der Waals surface area contributed by atoms with Gasteiger partial charge >= 0.3 is 0 Å². The van der Waals surface area contributed by atoms with Crippen LogP contribution in [0.15, 0.2) is 6.33 Å². The van der Waals surface area contributed by atoms with Gasteiger partial charge in [0.15, 0.2) is 0 Å². The van der Waals surface area contributed by atoms with E-state index in [9.17, 15) is 0 Å². The standard InChI is InChI=1S/C11H16IN5/c12-9(13)8-10(14)15-6-16-11(8)17-7-4-2-1-3-5-7/h6-7,13H,1-5H2,(H3,14,15,16,17). The highest BCUT2D eigenvalue weighted by Gasteiger charge is 2.18. The number of hydrogen-bond donors (Lipinski definition) is 3. The molecule has 0 bridgehead atoms. The van der Waals surface area contributed by atoms with E-state index in [0.717, 1.165) is 12.8 Å². The van der Waals surface area contributed by atoms with Crippen molar-refractivity contribution in [2.24, 2.45) is 0 Å². The van der Waals surface area contributed by atoms with Gasteiger partial charge in [0, 0.05) is 6.04 Å². The molecule has 1 aliphatic carbocycles. The van der Waals surface area contributed by atoms with Crippen molar-refractivity contribution >= 4 is 37.9 Å². The van der Waals surface area contributed by atoms with Gasteiger partial charge in [-0.05, 0) is 35.4 Å². The van der Waals surface area contributed by atoms with E-state index >= 15 is 0 Å². The third-order valence-electron chi connectivity index (χ3n) is 3.04. The van der Waals surface area contributed by atoms with E-state index in [1.807, 2.05) is 22.6 Å². The van der Waals surface area contributed by atoms with Crippen molar-refractivity contribution in [2.75, 3.05) is 11.1 Å². The molecule has 2 rings (SSSR count). The molecule has 1 saturated carbocycles. The Balaban J connectivity index is 2.19. The van der Waals surface area contributed by atoms with E-state index in [1.54, 1.807) is 0 Å². The number of nitrogen functional groups attached to an aromatic ring is 1. The van der Waals surface area contributed by atoms with Crippen LogP contribution >= 0.6 is 22.6 Å². The molecule has 4 N–H and O–H groups in total. The molecule has 92 valence electrons. The summed E-state index contributed by atoms with van der Waals surface area (Å²) in [5, 5.41) is 11.1. The van der Waals surface area contributed by atoms with E-state index in [0.29, 0.717) is 27.0 Å². The largest absolute Gasteiger partial charge is 0.383 e. The summed E-state index contributed by atoms with van der Waals surface area (Å²) in [5.74, 6) is 1.07. The average Bonchev–Trinajstić information content (AvgIpc) is 2.30. The summed E-state index contributed by atoms with van der Waals surface area (Å²) in [4.78, 5) is 8.14. The Labute approximate surface area is 114 Å². The second-order valence-electron chi connectivity index (χ2n) is 4.28. The summed E-state index contributed by atoms with van der Waals surface area (Å²) < 4.78 is 0.374. The first kappa shape index (κ1) is 12.5. The zero-order valence-electron chi connectivity index (χ0n) is 9.54. The van der Waals surface area contributed by atoms with Crippen LogP contribution in [0.5, 0.6) is 0 Å². The lowest BCUT2D eigenvalue weighted by molar-refractivity contribution is 0.462. The highest BCUT2D eigenvalue weighted by atomic mass is 127. The van der Waals surface area contributed by atoms with Gasteiger partial charge in [-0.3, -0.25) is 5.41 Å². The quantitative estimate of drug-likeness (QED) is 0.580. The molecule has 1 aromatic rings. The zero-order valence-corrected chi connectivity index (χ0v) is 11.7. The van der Waals surface area contributed by atoms with Crippen molar-refractivity contribution in [3.05, 3.63) is 11.9 Å². The fraction of sp³-hybridized carbons (Fsp3) is 0.545. The van der Waals surface area contributed by atoms with Crippen LogP contribution in [0.2, 0.25) is 0 Å². The van der Waals surface area contributed by atoms with Crippen molar-refractivity contribution in [1.29, 1.82) is 5.41 Å². The van der Waals surface area contributed by atoms with Crippen LogP contribution in [-0.4, -0.2) is 19.7 Å². The van der Waals surface area contributed by atoms with Gasteiger partial charge in [0.05, 0.1) is 5.56 Å². The van der Waals surface area contributed by atoms with Crippen LogP contribution in [-0.2, 0) is 0 Å². The second-order valence-corrected chi connectivity index (χ2v) is 5.35. The van der Waals surface area contributed by atoms with Crippen molar-refractivity contribution in [3.8, 4) is 0 Å². The van der Waals surface area contributed by atoms with Crippen molar-refractivity contribution in [2.45, 2.75) is 38.1 Å². The molecule has 0 saturated heterocycles. The predicted octanol–water partition coefficient (Wildman–Crippen LogP) is 2.56. The van der Waals surface area contributed by atoms with Gasteiger partial charge in [0.25, 0.3) is 0 Å². The van der Waals surface area contributed by atoms with Crippen LogP contribution in [0.4, 0.5) is 11.6 Å². The maximum atomic E-state index is 7.72. The molecular formula is C11H16IN5. The molecule has 5 nitrogen and oxygen atoms in total. The third-order valence-corrected chi connectivity index (χ3v) is 3.58. The number of hydrogen-bond acceptors (Lipinski definition) is 5. The van der Waals surface area contributed by atoms with Gasteiger partial charge in [-0.15, -0.1) is 0 Å². The van der Waals surface area contributed by atoms with Gasteiger partial charge in [-0.2, -0.15) is 0 Å². The van der Waals surface area contributed by atoms with Crippen LogP contribution in [0, 0.1) is 5.41 Å². The zero-order chi connectivity index (χ0) is 12.3. The van der Waals surface area contributed by atoms with Gasteiger partial charge in [0.1, 0.15) is 21.7 Å². The molecule has 1 heterocycles. The highest BCUT2D eigenvalue weighted by Crippen LogP contribution is 2.25. The molecule has 17 heavy (non-hydrogen) atoms. The second kappa shape index (κ2) is 5.61. The fourth-order valence-corrected chi connectivity index (χ4v) is 2.70. The number of aromatic nitrogens is 2. The fourth-order valence-electron chi connectivity index (χ4n) is 2.17. The molecule has 0 aromatic carbocycles. The van der Waals surface area contributed by atoms with E-state index in [2.05, 4.69) is 15.3 Å². The summed E-state index contributed by atoms with van der Waals surface area (Å²) in [7, 11) is 0. The van der Waals surface area contributed by atoms with Gasteiger partial charge < -0.3 is 11.1 Å². The maximum Gasteiger partial charge on any atom is 0.141 e. The number of nitrogens with one attached hydrogen (secondary N) is 2. The molecule has 0 unspecified atom stereocenters. The lowest BCUT2D eigenvalue weighted by Crippen LogP contribution is -2.24. The molecular weight excluding hydrogens is 329 g/mol. The highest BCUT2D eigenvalue weighted by molar-refractivity contribution is 14.1. The normalized spacial score (nSPS) is 16.8. The number of halogens is 1. The molecule has 6 heteroatoms. The molecule has 0 aliphatic heterocycles. The Kier molecular flexibility index (Phi) is 4.14. The SMILES string of the molecule is N=C(I)c1c(N)ncnc1NC1CCCCC1. The first-order chi connectivity index (χ1) is 8.18. The van der Waals surface area contributed by atoms with Gasteiger partial charge in [-0.25, -0.2) is 9.97 Å². The topological polar surface area (TPSA) is 87.7 Å². The monoisotopic (exact) mass is 345 g/mol. The molecule has 1 fully saturated rings. The average molecular weight is 345 g/mol. The van der Waals surface area contributed by atoms with Crippen molar-refractivity contribution in [3.63, 3.8) is 0 Å². The summed E-state index contributed by atoms with van der Waals surface area (Å²) >= 11 is 1.94. The maximum absolute atomic E-state index is 7.72. The minimum atomic E-state index is 0.373. The smallest absolute Gasteiger partial charge is 0.141 e. The number of anilines is 2. The predicted molar refractivity (Wildman–Crippen MR) is 77.8 cm³/mol. The summed E-state index contributed by atoms with van der Waals surface area (Å²) in [6.45, 7) is 0.